The van der Waals surface area contributed by atoms with E-state index in [1.807, 2.05) is 0 Å². The van der Waals surface area contributed by atoms with Crippen LogP contribution in [0, 0.1) is 0 Å². The van der Waals surface area contributed by atoms with Gasteiger partial charge in [-0.25, -0.2) is 4.79 Å². The Morgan fingerprint density at radius 2 is 2.04 bits per heavy atom. The first-order valence-electron chi connectivity index (χ1n) is 6.69. The molecule has 1 heterocycles. The van der Waals surface area contributed by atoms with Crippen molar-refractivity contribution in [3.8, 4) is 0 Å². The molecule has 0 aliphatic heterocycles. The van der Waals surface area contributed by atoms with E-state index < -0.39 is 19.8 Å². The molecular formula is C15H15N2NaO4P+. The van der Waals surface area contributed by atoms with Crippen LogP contribution in [0.2, 0.25) is 0 Å². The Kier molecular flexibility index (Phi) is 8.37. The fourth-order valence-corrected chi connectivity index (χ4v) is 2.52. The number of benzene rings is 1. The summed E-state index contributed by atoms with van der Waals surface area (Å²) in [6.07, 6.45) is 3.07. The fraction of sp³-hybridized carbons (Fsp3) is 0.200. The van der Waals surface area contributed by atoms with E-state index in [-0.39, 0.29) is 29.6 Å². The first kappa shape index (κ1) is 19.7. The Morgan fingerprint density at radius 3 is 2.57 bits per heavy atom. The van der Waals surface area contributed by atoms with Crippen molar-refractivity contribution in [2.45, 2.75) is 12.7 Å². The molecule has 0 aliphatic rings. The predicted molar refractivity (Wildman–Crippen MR) is 80.6 cm³/mol. The molecule has 1 aromatic carbocycles. The van der Waals surface area contributed by atoms with E-state index >= 15 is 0 Å². The SMILES string of the molecule is CCOC(=O)c1ccc(NC(c2cccnc2)[P+](=O)[O-])cc1.[Na+]. The van der Waals surface area contributed by atoms with Crippen LogP contribution in [-0.4, -0.2) is 17.6 Å². The molecular weight excluding hydrogens is 326 g/mol. The monoisotopic (exact) mass is 341 g/mol. The number of anilines is 1. The van der Waals surface area contributed by atoms with Crippen LogP contribution in [0.25, 0.3) is 0 Å². The Bertz CT molecular complexity index is 652. The summed E-state index contributed by atoms with van der Waals surface area (Å²) in [5.41, 5.74) is 1.55. The number of rotatable bonds is 6. The molecule has 0 aliphatic carbocycles. The minimum atomic E-state index is -2.73. The predicted octanol–water partition coefficient (Wildman–Crippen LogP) is -0.524. The largest absolute Gasteiger partial charge is 1.00 e. The molecule has 8 heteroatoms. The second kappa shape index (κ2) is 9.75. The molecule has 1 N–H and O–H groups in total. The number of ether oxygens (including phenoxy) is 1. The summed E-state index contributed by atoms with van der Waals surface area (Å²) >= 11 is 0. The van der Waals surface area contributed by atoms with Crippen molar-refractivity contribution in [1.29, 1.82) is 0 Å². The number of aromatic nitrogens is 1. The van der Waals surface area contributed by atoms with Crippen LogP contribution in [0.1, 0.15) is 28.6 Å². The van der Waals surface area contributed by atoms with Gasteiger partial charge in [-0.05, 0) is 43.3 Å². The number of nitrogens with zero attached hydrogens (tertiary/aromatic N) is 1. The average molecular weight is 341 g/mol. The maximum absolute atomic E-state index is 11.6. The maximum Gasteiger partial charge on any atom is 1.00 e. The van der Waals surface area contributed by atoms with Crippen LogP contribution in [-0.2, 0) is 9.30 Å². The van der Waals surface area contributed by atoms with Gasteiger partial charge in [-0.3, -0.25) is 4.98 Å². The first-order valence-corrected chi connectivity index (χ1v) is 7.93. The Morgan fingerprint density at radius 1 is 1.35 bits per heavy atom. The third kappa shape index (κ3) is 5.68. The normalized spacial score (nSPS) is 11.8. The van der Waals surface area contributed by atoms with Crippen LogP contribution in [0.3, 0.4) is 0 Å². The summed E-state index contributed by atoms with van der Waals surface area (Å²) in [6.45, 7) is 2.04. The smallest absolute Gasteiger partial charge is 0.594 e. The molecule has 0 radical (unpaired) electrons. The zero-order valence-electron chi connectivity index (χ0n) is 12.9. The van der Waals surface area contributed by atoms with Gasteiger partial charge in [0, 0.05) is 23.6 Å². The first-order chi connectivity index (χ1) is 10.6. The number of pyridine rings is 1. The van der Waals surface area contributed by atoms with Gasteiger partial charge in [0.15, 0.2) is 0 Å². The van der Waals surface area contributed by atoms with Gasteiger partial charge in [-0.2, -0.15) is 0 Å². The van der Waals surface area contributed by atoms with Gasteiger partial charge in [0.25, 0.3) is 0 Å². The third-order valence-corrected chi connectivity index (χ3v) is 3.76. The van der Waals surface area contributed by atoms with Crippen molar-refractivity contribution in [2.75, 3.05) is 11.9 Å². The zero-order valence-corrected chi connectivity index (χ0v) is 15.8. The van der Waals surface area contributed by atoms with Crippen molar-refractivity contribution < 1.29 is 48.5 Å². The van der Waals surface area contributed by atoms with E-state index in [1.165, 1.54) is 6.20 Å². The Balaban J connectivity index is 0.00000264. The number of hydrogen-bond donors (Lipinski definition) is 1. The van der Waals surface area contributed by atoms with Crippen LogP contribution >= 0.6 is 8.03 Å². The van der Waals surface area contributed by atoms with E-state index in [0.29, 0.717) is 23.4 Å². The van der Waals surface area contributed by atoms with Crippen LogP contribution in [0.4, 0.5) is 5.69 Å². The molecule has 0 bridgehead atoms. The third-order valence-electron chi connectivity index (χ3n) is 2.91. The van der Waals surface area contributed by atoms with Crippen LogP contribution in [0.5, 0.6) is 0 Å². The Hall–Kier alpha value is -1.30. The van der Waals surface area contributed by atoms with Gasteiger partial charge in [-0.1, -0.05) is 4.57 Å². The van der Waals surface area contributed by atoms with Crippen molar-refractivity contribution in [3.63, 3.8) is 0 Å². The molecule has 1 aromatic heterocycles. The van der Waals surface area contributed by atoms with Gasteiger partial charge in [0.2, 0.25) is 5.78 Å². The van der Waals surface area contributed by atoms with E-state index in [2.05, 4.69) is 10.3 Å². The van der Waals surface area contributed by atoms with Gasteiger partial charge >= 0.3 is 43.6 Å². The van der Waals surface area contributed by atoms with Crippen molar-refractivity contribution in [3.05, 3.63) is 59.9 Å². The molecule has 0 fully saturated rings. The fourth-order valence-electron chi connectivity index (χ4n) is 1.87. The van der Waals surface area contributed by atoms with Crippen LogP contribution in [0.15, 0.2) is 48.8 Å². The number of nitrogens with one attached hydrogen (secondary N) is 1. The van der Waals surface area contributed by atoms with Crippen molar-refractivity contribution in [1.82, 2.24) is 4.98 Å². The minimum Gasteiger partial charge on any atom is -0.594 e. The molecule has 6 nitrogen and oxygen atoms in total. The van der Waals surface area contributed by atoms with Gasteiger partial charge in [-0.15, -0.1) is 0 Å². The van der Waals surface area contributed by atoms with E-state index in [0.717, 1.165) is 0 Å². The summed E-state index contributed by atoms with van der Waals surface area (Å²) < 4.78 is 16.3. The van der Waals surface area contributed by atoms with Gasteiger partial charge < -0.3 is 14.9 Å². The molecule has 0 saturated carbocycles. The minimum absolute atomic E-state index is 0. The van der Waals surface area contributed by atoms with E-state index in [4.69, 9.17) is 4.74 Å². The Labute approximate surface area is 157 Å². The topological polar surface area (TPSA) is 91.3 Å². The summed E-state index contributed by atoms with van der Waals surface area (Å²) in [7, 11) is -2.73. The maximum atomic E-state index is 11.6. The molecule has 0 amide bonds. The summed E-state index contributed by atoms with van der Waals surface area (Å²) in [5.74, 6) is -1.29. The molecule has 114 valence electrons. The molecule has 0 saturated heterocycles. The molecule has 23 heavy (non-hydrogen) atoms. The second-order valence-electron chi connectivity index (χ2n) is 4.42. The molecule has 2 unspecified atom stereocenters. The summed E-state index contributed by atoms with van der Waals surface area (Å²) in [4.78, 5) is 26.9. The second-order valence-corrected chi connectivity index (χ2v) is 5.50. The number of carbonyl (C=O) groups is 1. The molecule has 2 atom stereocenters. The average Bonchev–Trinajstić information content (AvgIpc) is 2.54. The van der Waals surface area contributed by atoms with Crippen molar-refractivity contribution >= 4 is 19.7 Å². The van der Waals surface area contributed by atoms with Crippen molar-refractivity contribution in [2.24, 2.45) is 0 Å². The van der Waals surface area contributed by atoms with E-state index in [1.54, 1.807) is 49.5 Å². The standard InChI is InChI=1S/C15H15N2O4P.Na/c1-2-21-15(18)11-5-7-13(8-6-11)17-14(22(19)20)12-4-3-9-16-10-12;/h3-10,14,17H,2H2,1H3;/q;+1. The summed E-state index contributed by atoms with van der Waals surface area (Å²) in [5, 5.41) is 2.90. The number of esters is 1. The summed E-state index contributed by atoms with van der Waals surface area (Å²) in [6, 6.07) is 9.79. The van der Waals surface area contributed by atoms with E-state index in [9.17, 15) is 14.3 Å². The molecule has 2 rings (SSSR count). The molecule has 2 aromatic rings. The van der Waals surface area contributed by atoms with Crippen LogP contribution < -0.4 is 39.8 Å². The number of carbonyl (C=O) groups excluding carboxylic acids is 1. The quantitative estimate of drug-likeness (QED) is 0.432. The zero-order chi connectivity index (χ0) is 15.9. The van der Waals surface area contributed by atoms with Gasteiger partial charge in [0.05, 0.1) is 12.2 Å². The molecule has 0 spiro atoms. The van der Waals surface area contributed by atoms with Gasteiger partial charge in [0.1, 0.15) is 0 Å². The number of hydrogen-bond acceptors (Lipinski definition) is 6.